The van der Waals surface area contributed by atoms with Crippen LogP contribution < -0.4 is 15.4 Å². The quantitative estimate of drug-likeness (QED) is 0.836. The number of nitrogens with two attached hydrogens (primary N) is 1. The largest absolute Gasteiger partial charge is 0.497 e. The summed E-state index contributed by atoms with van der Waals surface area (Å²) in [5.41, 5.74) is 7.97. The summed E-state index contributed by atoms with van der Waals surface area (Å²) in [6.07, 6.45) is 4.89. The molecule has 1 heterocycles. The van der Waals surface area contributed by atoms with Gasteiger partial charge in [-0.1, -0.05) is 6.07 Å². The van der Waals surface area contributed by atoms with Gasteiger partial charge in [-0.25, -0.2) is 0 Å². The molecule has 0 amide bonds. The fourth-order valence-corrected chi connectivity index (χ4v) is 2.16. The third kappa shape index (κ3) is 3.74. The van der Waals surface area contributed by atoms with E-state index in [0.717, 1.165) is 30.9 Å². The molecule has 0 unspecified atom stereocenters. The van der Waals surface area contributed by atoms with E-state index >= 15 is 0 Å². The lowest BCUT2D eigenvalue weighted by atomic mass is 10.2. The van der Waals surface area contributed by atoms with E-state index in [2.05, 4.69) is 16.1 Å². The number of rotatable bonds is 7. The number of ether oxygens (including phenoxy) is 1. The second-order valence-electron chi connectivity index (χ2n) is 4.79. The number of nitrogens with zero attached hydrogens (tertiary/aromatic N) is 3. The SMILES string of the molecule is COc1cccc(N(CCCN)Cc2cnn(C)c2)c1. The molecule has 0 bridgehead atoms. The second-order valence-corrected chi connectivity index (χ2v) is 4.79. The van der Waals surface area contributed by atoms with Gasteiger partial charge in [-0.3, -0.25) is 4.68 Å². The Morgan fingerprint density at radius 2 is 2.25 bits per heavy atom. The van der Waals surface area contributed by atoms with Crippen LogP contribution in [0.5, 0.6) is 5.75 Å². The van der Waals surface area contributed by atoms with Crippen LogP contribution in [0, 0.1) is 0 Å². The van der Waals surface area contributed by atoms with Crippen molar-refractivity contribution in [3.05, 3.63) is 42.2 Å². The average molecular weight is 274 g/mol. The third-order valence-electron chi connectivity index (χ3n) is 3.18. The minimum atomic E-state index is 0.688. The number of hydrogen-bond acceptors (Lipinski definition) is 4. The maximum Gasteiger partial charge on any atom is 0.120 e. The summed E-state index contributed by atoms with van der Waals surface area (Å²) >= 11 is 0. The minimum Gasteiger partial charge on any atom is -0.497 e. The normalized spacial score (nSPS) is 10.6. The van der Waals surface area contributed by atoms with Crippen LogP contribution in [0.3, 0.4) is 0 Å². The molecule has 0 aliphatic carbocycles. The molecule has 0 fully saturated rings. The predicted octanol–water partition coefficient (Wildman–Crippen LogP) is 1.78. The summed E-state index contributed by atoms with van der Waals surface area (Å²) in [4.78, 5) is 2.30. The lowest BCUT2D eigenvalue weighted by Crippen LogP contribution is -2.25. The minimum absolute atomic E-state index is 0.688. The Labute approximate surface area is 119 Å². The molecule has 0 saturated carbocycles. The van der Waals surface area contributed by atoms with Crippen LogP contribution in [-0.2, 0) is 13.6 Å². The number of methoxy groups -OCH3 is 1. The summed E-state index contributed by atoms with van der Waals surface area (Å²) in [6.45, 7) is 2.42. The zero-order valence-corrected chi connectivity index (χ0v) is 12.1. The zero-order valence-electron chi connectivity index (χ0n) is 12.1. The molecule has 5 nitrogen and oxygen atoms in total. The average Bonchev–Trinajstić information content (AvgIpc) is 2.88. The highest BCUT2D eigenvalue weighted by molar-refractivity contribution is 5.51. The van der Waals surface area contributed by atoms with Crippen molar-refractivity contribution in [1.29, 1.82) is 0 Å². The van der Waals surface area contributed by atoms with Crippen molar-refractivity contribution in [2.45, 2.75) is 13.0 Å². The molecule has 1 aromatic carbocycles. The maximum absolute atomic E-state index is 5.64. The molecule has 108 valence electrons. The van der Waals surface area contributed by atoms with Gasteiger partial charge in [-0.2, -0.15) is 5.10 Å². The molecule has 2 N–H and O–H groups in total. The molecule has 20 heavy (non-hydrogen) atoms. The number of benzene rings is 1. The van der Waals surface area contributed by atoms with E-state index in [9.17, 15) is 0 Å². The summed E-state index contributed by atoms with van der Waals surface area (Å²) in [6, 6.07) is 8.10. The van der Waals surface area contributed by atoms with Crippen LogP contribution in [0.15, 0.2) is 36.7 Å². The van der Waals surface area contributed by atoms with Crippen LogP contribution in [0.1, 0.15) is 12.0 Å². The molecule has 0 atom stereocenters. The van der Waals surface area contributed by atoms with Crippen molar-refractivity contribution < 1.29 is 4.74 Å². The number of hydrogen-bond donors (Lipinski definition) is 1. The summed E-state index contributed by atoms with van der Waals surface area (Å²) in [5, 5.41) is 4.22. The van der Waals surface area contributed by atoms with E-state index in [1.807, 2.05) is 42.3 Å². The number of aryl methyl sites for hydroxylation is 1. The Kier molecular flexibility index (Phi) is 5.01. The third-order valence-corrected chi connectivity index (χ3v) is 3.18. The van der Waals surface area contributed by atoms with E-state index in [1.165, 1.54) is 5.56 Å². The molecule has 0 saturated heterocycles. The Morgan fingerprint density at radius 3 is 2.90 bits per heavy atom. The molecular weight excluding hydrogens is 252 g/mol. The van der Waals surface area contributed by atoms with E-state index in [1.54, 1.807) is 7.11 Å². The first-order valence-corrected chi connectivity index (χ1v) is 6.79. The van der Waals surface area contributed by atoms with Gasteiger partial charge >= 0.3 is 0 Å². The van der Waals surface area contributed by atoms with E-state index in [-0.39, 0.29) is 0 Å². The smallest absolute Gasteiger partial charge is 0.120 e. The van der Waals surface area contributed by atoms with Gasteiger partial charge in [0.15, 0.2) is 0 Å². The van der Waals surface area contributed by atoms with E-state index < -0.39 is 0 Å². The van der Waals surface area contributed by atoms with Crippen LogP contribution >= 0.6 is 0 Å². The van der Waals surface area contributed by atoms with Gasteiger partial charge < -0.3 is 15.4 Å². The standard InChI is InChI=1S/C15H22N4O/c1-18-11-13(10-17-18)12-19(8-4-7-16)14-5-3-6-15(9-14)20-2/h3,5-6,9-11H,4,7-8,12,16H2,1-2H3. The summed E-state index contributed by atoms with van der Waals surface area (Å²) in [5.74, 6) is 0.867. The van der Waals surface area contributed by atoms with Gasteiger partial charge in [0.1, 0.15) is 5.75 Å². The number of aromatic nitrogens is 2. The lowest BCUT2D eigenvalue weighted by molar-refractivity contribution is 0.414. The molecular formula is C15H22N4O. The topological polar surface area (TPSA) is 56.3 Å². The van der Waals surface area contributed by atoms with Gasteiger partial charge in [0.05, 0.1) is 13.3 Å². The van der Waals surface area contributed by atoms with Gasteiger partial charge in [0, 0.05) is 43.7 Å². The fraction of sp³-hybridized carbons (Fsp3) is 0.400. The molecule has 0 radical (unpaired) electrons. The van der Waals surface area contributed by atoms with Crippen LogP contribution in [0.25, 0.3) is 0 Å². The number of anilines is 1. The van der Waals surface area contributed by atoms with Crippen molar-refractivity contribution in [1.82, 2.24) is 9.78 Å². The van der Waals surface area contributed by atoms with Gasteiger partial charge in [0.25, 0.3) is 0 Å². The van der Waals surface area contributed by atoms with Gasteiger partial charge in [0.2, 0.25) is 0 Å². The highest BCUT2D eigenvalue weighted by Crippen LogP contribution is 2.22. The van der Waals surface area contributed by atoms with Gasteiger partial charge in [-0.05, 0) is 25.1 Å². The lowest BCUT2D eigenvalue weighted by Gasteiger charge is -2.24. The first-order chi connectivity index (χ1) is 9.72. The predicted molar refractivity (Wildman–Crippen MR) is 80.9 cm³/mol. The molecule has 0 aliphatic rings. The maximum atomic E-state index is 5.64. The Bertz CT molecular complexity index is 538. The zero-order chi connectivity index (χ0) is 14.4. The van der Waals surface area contributed by atoms with Crippen molar-refractivity contribution in [3.8, 4) is 5.75 Å². The Morgan fingerprint density at radius 1 is 1.40 bits per heavy atom. The van der Waals surface area contributed by atoms with Crippen molar-refractivity contribution in [2.24, 2.45) is 12.8 Å². The second kappa shape index (κ2) is 6.96. The van der Waals surface area contributed by atoms with Crippen LogP contribution in [-0.4, -0.2) is 30.0 Å². The summed E-state index contributed by atoms with van der Waals surface area (Å²) in [7, 11) is 3.61. The molecule has 2 aromatic rings. The van der Waals surface area contributed by atoms with E-state index in [4.69, 9.17) is 10.5 Å². The first kappa shape index (κ1) is 14.4. The van der Waals surface area contributed by atoms with Gasteiger partial charge in [-0.15, -0.1) is 0 Å². The summed E-state index contributed by atoms with van der Waals surface area (Å²) < 4.78 is 7.12. The molecule has 2 rings (SSSR count). The van der Waals surface area contributed by atoms with Crippen molar-refractivity contribution in [3.63, 3.8) is 0 Å². The molecule has 1 aromatic heterocycles. The monoisotopic (exact) mass is 274 g/mol. The first-order valence-electron chi connectivity index (χ1n) is 6.79. The molecule has 5 heteroatoms. The highest BCUT2D eigenvalue weighted by atomic mass is 16.5. The van der Waals surface area contributed by atoms with Crippen molar-refractivity contribution >= 4 is 5.69 Å². The van der Waals surface area contributed by atoms with Crippen LogP contribution in [0.2, 0.25) is 0 Å². The highest BCUT2D eigenvalue weighted by Gasteiger charge is 2.09. The molecule has 0 spiro atoms. The Balaban J connectivity index is 2.17. The fourth-order valence-electron chi connectivity index (χ4n) is 2.16. The van der Waals surface area contributed by atoms with E-state index in [0.29, 0.717) is 6.54 Å². The Hall–Kier alpha value is -2.01. The van der Waals surface area contributed by atoms with Crippen molar-refractivity contribution in [2.75, 3.05) is 25.1 Å². The van der Waals surface area contributed by atoms with Crippen LogP contribution in [0.4, 0.5) is 5.69 Å². The molecule has 0 aliphatic heterocycles.